The molecule has 0 bridgehead atoms. The number of ether oxygens (including phenoxy) is 1. The summed E-state index contributed by atoms with van der Waals surface area (Å²) in [5, 5.41) is 8.92. The van der Waals surface area contributed by atoms with Gasteiger partial charge in [-0.2, -0.15) is 0 Å². The summed E-state index contributed by atoms with van der Waals surface area (Å²) in [6.45, 7) is 9.04. The third-order valence-corrected chi connectivity index (χ3v) is 5.46. The highest BCUT2D eigenvalue weighted by Crippen LogP contribution is 2.14. The maximum atomic E-state index is 12.4. The number of piperidine rings is 1. The quantitative estimate of drug-likeness (QED) is 0.567. The normalized spacial score (nSPS) is 15.1. The van der Waals surface area contributed by atoms with E-state index in [2.05, 4.69) is 26.9 Å². The van der Waals surface area contributed by atoms with Crippen LogP contribution in [-0.4, -0.2) is 48.1 Å². The van der Waals surface area contributed by atoms with Crippen LogP contribution in [0.3, 0.4) is 0 Å². The van der Waals surface area contributed by atoms with Gasteiger partial charge in [0.05, 0.1) is 18.8 Å². The summed E-state index contributed by atoms with van der Waals surface area (Å²) in [7, 11) is 0. The fourth-order valence-electron chi connectivity index (χ4n) is 3.71. The lowest BCUT2D eigenvalue weighted by atomic mass is 10.1. The number of para-hydroxylation sites is 1. The van der Waals surface area contributed by atoms with Gasteiger partial charge in [-0.1, -0.05) is 42.5 Å². The number of urea groups is 1. The predicted molar refractivity (Wildman–Crippen MR) is 131 cm³/mol. The van der Waals surface area contributed by atoms with Crippen LogP contribution in [0.1, 0.15) is 44.7 Å². The molecule has 3 N–H and O–H groups in total. The fourth-order valence-corrected chi connectivity index (χ4v) is 3.71. The van der Waals surface area contributed by atoms with Crippen molar-refractivity contribution in [3.05, 3.63) is 65.7 Å². The molecule has 0 unspecified atom stereocenters. The van der Waals surface area contributed by atoms with Crippen molar-refractivity contribution in [3.63, 3.8) is 0 Å². The predicted octanol–water partition coefficient (Wildman–Crippen LogP) is 3.90. The number of hydrogen-bond acceptors (Lipinski definition) is 4. The Bertz CT molecular complexity index is 903. The minimum Gasteiger partial charge on any atom is -0.371 e. The first-order chi connectivity index (χ1) is 15.8. The Hall–Kier alpha value is -2.90. The van der Waals surface area contributed by atoms with Crippen molar-refractivity contribution < 1.29 is 14.3 Å². The van der Waals surface area contributed by atoms with Gasteiger partial charge in [-0.15, -0.1) is 0 Å². The molecule has 33 heavy (non-hydrogen) atoms. The van der Waals surface area contributed by atoms with E-state index in [4.69, 9.17) is 4.74 Å². The SMILES string of the molecule is CC(C)(C)OCc1cccc(CNC(=O)NC2CCN(CC(=O)Nc3ccccc3)CC2)c1. The van der Waals surface area contributed by atoms with Crippen LogP contribution in [0.25, 0.3) is 0 Å². The van der Waals surface area contributed by atoms with Crippen LogP contribution in [-0.2, 0) is 22.7 Å². The summed E-state index contributed by atoms with van der Waals surface area (Å²) < 4.78 is 5.83. The first-order valence-corrected chi connectivity index (χ1v) is 11.6. The van der Waals surface area contributed by atoms with Crippen molar-refractivity contribution in [1.82, 2.24) is 15.5 Å². The lowest BCUT2D eigenvalue weighted by Crippen LogP contribution is -2.48. The number of hydrogen-bond donors (Lipinski definition) is 3. The van der Waals surface area contributed by atoms with E-state index in [-0.39, 0.29) is 23.6 Å². The van der Waals surface area contributed by atoms with Gasteiger partial charge in [0.1, 0.15) is 0 Å². The molecule has 2 aromatic carbocycles. The van der Waals surface area contributed by atoms with Crippen LogP contribution >= 0.6 is 0 Å². The van der Waals surface area contributed by atoms with Gasteiger partial charge in [-0.3, -0.25) is 9.69 Å². The van der Waals surface area contributed by atoms with E-state index in [0.29, 0.717) is 19.7 Å². The molecule has 7 heteroatoms. The number of rotatable bonds is 8. The van der Waals surface area contributed by atoms with Crippen molar-refractivity contribution in [1.29, 1.82) is 0 Å². The van der Waals surface area contributed by atoms with E-state index < -0.39 is 0 Å². The zero-order valence-corrected chi connectivity index (χ0v) is 19.9. The molecule has 1 aliphatic heterocycles. The first kappa shape index (κ1) is 24.7. The average molecular weight is 453 g/mol. The molecule has 1 heterocycles. The number of benzene rings is 2. The van der Waals surface area contributed by atoms with Gasteiger partial charge in [-0.25, -0.2) is 4.79 Å². The number of nitrogens with one attached hydrogen (secondary N) is 3. The Morgan fingerprint density at radius 1 is 1.00 bits per heavy atom. The summed E-state index contributed by atoms with van der Waals surface area (Å²) in [5.74, 6) is -0.0134. The molecule has 0 aliphatic carbocycles. The molecule has 0 spiro atoms. The number of carbonyl (C=O) groups excluding carboxylic acids is 2. The van der Waals surface area contributed by atoms with Gasteiger partial charge in [0.25, 0.3) is 0 Å². The lowest BCUT2D eigenvalue weighted by Gasteiger charge is -2.31. The molecule has 3 rings (SSSR count). The Labute approximate surface area is 196 Å². The monoisotopic (exact) mass is 452 g/mol. The summed E-state index contributed by atoms with van der Waals surface area (Å²) in [6.07, 6.45) is 1.65. The molecular weight excluding hydrogens is 416 g/mol. The van der Waals surface area contributed by atoms with E-state index in [1.165, 1.54) is 0 Å². The van der Waals surface area contributed by atoms with Gasteiger partial charge in [0, 0.05) is 31.4 Å². The molecule has 7 nitrogen and oxygen atoms in total. The molecule has 0 radical (unpaired) electrons. The van der Waals surface area contributed by atoms with Crippen LogP contribution in [0, 0.1) is 0 Å². The van der Waals surface area contributed by atoms with Crippen LogP contribution in [0.5, 0.6) is 0 Å². The first-order valence-electron chi connectivity index (χ1n) is 11.6. The van der Waals surface area contributed by atoms with Gasteiger partial charge in [0.2, 0.25) is 5.91 Å². The second-order valence-electron chi connectivity index (χ2n) is 9.51. The molecule has 0 saturated carbocycles. The number of nitrogens with zero attached hydrogens (tertiary/aromatic N) is 1. The van der Waals surface area contributed by atoms with Crippen LogP contribution in [0.2, 0.25) is 0 Å². The van der Waals surface area contributed by atoms with E-state index in [1.807, 2.05) is 69.3 Å². The summed E-state index contributed by atoms with van der Waals surface area (Å²) >= 11 is 0. The van der Waals surface area contributed by atoms with Crippen molar-refractivity contribution in [2.45, 2.75) is 58.4 Å². The highest BCUT2D eigenvalue weighted by atomic mass is 16.5. The van der Waals surface area contributed by atoms with Gasteiger partial charge in [-0.05, 0) is 56.9 Å². The van der Waals surface area contributed by atoms with E-state index in [9.17, 15) is 9.59 Å². The lowest BCUT2D eigenvalue weighted by molar-refractivity contribution is -0.117. The summed E-state index contributed by atoms with van der Waals surface area (Å²) in [5.41, 5.74) is 2.76. The minimum atomic E-state index is -0.185. The van der Waals surface area contributed by atoms with Crippen molar-refractivity contribution in [2.75, 3.05) is 25.0 Å². The third kappa shape index (κ3) is 9.24. The van der Waals surface area contributed by atoms with Crippen LogP contribution in [0.4, 0.5) is 10.5 Å². The maximum absolute atomic E-state index is 12.4. The van der Waals surface area contributed by atoms with Crippen LogP contribution in [0.15, 0.2) is 54.6 Å². The van der Waals surface area contributed by atoms with Crippen molar-refractivity contribution >= 4 is 17.6 Å². The van der Waals surface area contributed by atoms with Gasteiger partial charge >= 0.3 is 6.03 Å². The smallest absolute Gasteiger partial charge is 0.315 e. The maximum Gasteiger partial charge on any atom is 0.315 e. The zero-order valence-electron chi connectivity index (χ0n) is 19.9. The highest BCUT2D eigenvalue weighted by molar-refractivity contribution is 5.92. The number of carbonyl (C=O) groups is 2. The molecule has 3 amide bonds. The molecule has 1 fully saturated rings. The Morgan fingerprint density at radius 2 is 1.70 bits per heavy atom. The van der Waals surface area contributed by atoms with Gasteiger partial charge < -0.3 is 20.7 Å². The van der Waals surface area contributed by atoms with E-state index in [0.717, 1.165) is 42.7 Å². The van der Waals surface area contributed by atoms with Crippen molar-refractivity contribution in [3.8, 4) is 0 Å². The molecule has 0 aromatic heterocycles. The molecular formula is C26H36N4O3. The van der Waals surface area contributed by atoms with E-state index >= 15 is 0 Å². The highest BCUT2D eigenvalue weighted by Gasteiger charge is 2.22. The van der Waals surface area contributed by atoms with Gasteiger partial charge in [0.15, 0.2) is 0 Å². The molecule has 1 aliphatic rings. The second-order valence-corrected chi connectivity index (χ2v) is 9.51. The number of likely N-dealkylation sites (tertiary alicyclic amines) is 1. The Morgan fingerprint density at radius 3 is 2.39 bits per heavy atom. The Balaban J connectivity index is 1.34. The molecule has 0 atom stereocenters. The Kier molecular flexibility index (Phi) is 8.86. The minimum absolute atomic E-state index is 0.0134. The average Bonchev–Trinajstić information content (AvgIpc) is 2.78. The molecule has 178 valence electrons. The number of amides is 3. The largest absolute Gasteiger partial charge is 0.371 e. The fraction of sp³-hybridized carbons (Fsp3) is 0.462. The standard InChI is InChI=1S/C26H36N4O3/c1-26(2,3)33-19-21-9-7-8-20(16-21)17-27-25(32)29-23-12-14-30(15-13-23)18-24(31)28-22-10-5-4-6-11-22/h4-11,16,23H,12-15,17-19H2,1-3H3,(H,28,31)(H2,27,29,32). The third-order valence-electron chi connectivity index (χ3n) is 5.46. The topological polar surface area (TPSA) is 82.7 Å². The summed E-state index contributed by atoms with van der Waals surface area (Å²) in [6, 6.07) is 17.5. The molecule has 2 aromatic rings. The van der Waals surface area contributed by atoms with E-state index in [1.54, 1.807) is 0 Å². The summed E-state index contributed by atoms with van der Waals surface area (Å²) in [4.78, 5) is 26.7. The molecule has 1 saturated heterocycles. The number of anilines is 1. The zero-order chi connectivity index (χ0) is 23.7. The second kappa shape index (κ2) is 11.8. The van der Waals surface area contributed by atoms with Crippen molar-refractivity contribution in [2.24, 2.45) is 0 Å². The van der Waals surface area contributed by atoms with Crippen LogP contribution < -0.4 is 16.0 Å².